The lowest BCUT2D eigenvalue weighted by atomic mass is 9.95. The molecule has 0 amide bonds. The van der Waals surface area contributed by atoms with Gasteiger partial charge >= 0.3 is 59.7 Å². The lowest BCUT2D eigenvalue weighted by Gasteiger charge is -2.50. The summed E-state index contributed by atoms with van der Waals surface area (Å²) in [6, 6.07) is 0. The average molecular weight is 988 g/mol. The first-order chi connectivity index (χ1) is 29.9. The van der Waals surface area contributed by atoms with Crippen molar-refractivity contribution in [2.45, 2.75) is 160 Å². The number of hydrogen-bond donors (Lipinski definition) is 0. The molecule has 0 N–H and O–H groups in total. The molecule has 64 heavy (non-hydrogen) atoms. The molecule has 0 aliphatic carbocycles. The van der Waals surface area contributed by atoms with Crippen molar-refractivity contribution in [2.75, 3.05) is 19.8 Å². The molecule has 0 unspecified atom stereocenters. The zero-order valence-corrected chi connectivity index (χ0v) is 38.0. The average Bonchev–Trinajstić information content (AvgIpc) is 3.15. The van der Waals surface area contributed by atoms with Crippen LogP contribution in [0.2, 0.25) is 0 Å². The number of carbonyl (C=O) groups is 10. The van der Waals surface area contributed by atoms with E-state index in [0.29, 0.717) is 0 Å². The van der Waals surface area contributed by atoms with Crippen molar-refractivity contribution in [2.24, 2.45) is 0 Å². The quantitative estimate of drug-likeness (QED) is 0.101. The van der Waals surface area contributed by atoms with Gasteiger partial charge in [-0.25, -0.2) is 0 Å². The molecule has 3 heterocycles. The van der Waals surface area contributed by atoms with Gasteiger partial charge < -0.3 is 71.1 Å². The van der Waals surface area contributed by atoms with Crippen LogP contribution in [-0.4, -0.2) is 170 Å². The van der Waals surface area contributed by atoms with Gasteiger partial charge in [0.2, 0.25) is 0 Å². The third-order valence-electron chi connectivity index (χ3n) is 8.81. The number of halogens is 1. The molecule has 0 radical (unpaired) electrons. The van der Waals surface area contributed by atoms with Gasteiger partial charge in [0.25, 0.3) is 0 Å². The van der Waals surface area contributed by atoms with Crippen molar-refractivity contribution in [3.8, 4) is 0 Å². The first-order valence-electron chi connectivity index (χ1n) is 19.4. The van der Waals surface area contributed by atoms with Gasteiger partial charge in [-0.3, -0.25) is 47.9 Å². The maximum absolute atomic E-state index is 12.9. The van der Waals surface area contributed by atoms with Crippen LogP contribution < -0.4 is 0 Å². The van der Waals surface area contributed by atoms with Crippen LogP contribution in [0.5, 0.6) is 0 Å². The minimum Gasteiger partial charge on any atom is -0.463 e. The predicted octanol–water partition coefficient (Wildman–Crippen LogP) is -0.462. The fraction of sp³-hybridized carbons (Fsp3) is 0.737. The first-order valence-corrected chi connectivity index (χ1v) is 20.3. The van der Waals surface area contributed by atoms with E-state index in [1.54, 1.807) is 0 Å². The van der Waals surface area contributed by atoms with Crippen LogP contribution >= 0.6 is 15.9 Å². The highest BCUT2D eigenvalue weighted by molar-refractivity contribution is 9.09. The van der Waals surface area contributed by atoms with E-state index in [9.17, 15) is 47.9 Å². The van der Waals surface area contributed by atoms with E-state index in [2.05, 4.69) is 15.9 Å². The Morgan fingerprint density at radius 3 is 0.906 bits per heavy atom. The van der Waals surface area contributed by atoms with Crippen molar-refractivity contribution >= 4 is 75.6 Å². The van der Waals surface area contributed by atoms with Gasteiger partial charge in [-0.05, 0) is 0 Å². The van der Waals surface area contributed by atoms with Crippen LogP contribution in [0.15, 0.2) is 0 Å². The SMILES string of the molecule is CC(=O)OC[C@H]1O[C@H](Br)[C@H](OC(C)=O)[C@@H](OC(C)=O)[C@@H]1O[C@H]1O[C@H](COC(C)=O)[C@@H](O[C@H]2O[C@H](COC(C)=O)[C@@H](OC(C)=O)[C@H](OC(C)=O)[C@H]2OC(C)=O)[C@H](OC(C)=O)[C@H]1OC(C)=O. The molecule has 360 valence electrons. The van der Waals surface area contributed by atoms with Crippen molar-refractivity contribution in [1.29, 1.82) is 0 Å². The number of carbonyl (C=O) groups excluding carboxylic acids is 10. The molecule has 0 aromatic rings. The molecule has 25 nitrogen and oxygen atoms in total. The molecule has 26 heteroatoms. The van der Waals surface area contributed by atoms with Crippen molar-refractivity contribution in [3.05, 3.63) is 0 Å². The predicted molar refractivity (Wildman–Crippen MR) is 203 cm³/mol. The Morgan fingerprint density at radius 1 is 0.328 bits per heavy atom. The van der Waals surface area contributed by atoms with E-state index in [1.807, 2.05) is 0 Å². The Hall–Kier alpha value is -5.02. The van der Waals surface area contributed by atoms with E-state index in [1.165, 1.54) is 0 Å². The highest BCUT2D eigenvalue weighted by atomic mass is 79.9. The third-order valence-corrected chi connectivity index (χ3v) is 9.55. The molecule has 0 aromatic carbocycles. The number of hydrogen-bond acceptors (Lipinski definition) is 25. The smallest absolute Gasteiger partial charge is 0.303 e. The number of rotatable bonds is 17. The van der Waals surface area contributed by atoms with E-state index >= 15 is 0 Å². The van der Waals surface area contributed by atoms with Gasteiger partial charge in [0.15, 0.2) is 60.3 Å². The topological polar surface area (TPSA) is 309 Å². The van der Waals surface area contributed by atoms with Gasteiger partial charge in [0.05, 0.1) is 0 Å². The van der Waals surface area contributed by atoms with E-state index in [-0.39, 0.29) is 0 Å². The Labute approximate surface area is 373 Å². The Kier molecular flexibility index (Phi) is 20.3. The molecular formula is C38H51BrO25. The maximum Gasteiger partial charge on any atom is 0.303 e. The summed E-state index contributed by atoms with van der Waals surface area (Å²) < 4.78 is 85.4. The number of ether oxygens (including phenoxy) is 15. The van der Waals surface area contributed by atoms with Crippen molar-refractivity contribution in [1.82, 2.24) is 0 Å². The summed E-state index contributed by atoms with van der Waals surface area (Å²) >= 11 is 3.24. The molecule has 3 saturated heterocycles. The fourth-order valence-electron chi connectivity index (χ4n) is 6.74. The van der Waals surface area contributed by atoms with Gasteiger partial charge in [-0.2, -0.15) is 0 Å². The molecule has 0 spiro atoms. The minimum absolute atomic E-state index is 0.573. The zero-order chi connectivity index (χ0) is 48.2. The van der Waals surface area contributed by atoms with Crippen molar-refractivity contribution in [3.63, 3.8) is 0 Å². The van der Waals surface area contributed by atoms with Gasteiger partial charge in [-0.15, -0.1) is 0 Å². The summed E-state index contributed by atoms with van der Waals surface area (Å²) in [5.41, 5.74) is 0. The van der Waals surface area contributed by atoms with Gasteiger partial charge in [-0.1, -0.05) is 15.9 Å². The Balaban J connectivity index is 2.28. The lowest BCUT2D eigenvalue weighted by molar-refractivity contribution is -0.372. The number of alkyl halides is 1. The van der Waals surface area contributed by atoms with E-state index in [4.69, 9.17) is 71.1 Å². The van der Waals surface area contributed by atoms with Crippen LogP contribution in [0.4, 0.5) is 0 Å². The molecule has 15 atom stereocenters. The van der Waals surface area contributed by atoms with Crippen LogP contribution in [-0.2, 0) is 119 Å². The normalized spacial score (nSPS) is 32.3. The zero-order valence-electron chi connectivity index (χ0n) is 36.4. The van der Waals surface area contributed by atoms with Crippen LogP contribution in [0, 0.1) is 0 Å². The third kappa shape index (κ3) is 15.9. The van der Waals surface area contributed by atoms with Crippen LogP contribution in [0.25, 0.3) is 0 Å². The Morgan fingerprint density at radius 2 is 0.578 bits per heavy atom. The van der Waals surface area contributed by atoms with Crippen LogP contribution in [0.3, 0.4) is 0 Å². The number of esters is 10. The summed E-state index contributed by atoms with van der Waals surface area (Å²) in [6.07, 6.45) is -24.0. The monoisotopic (exact) mass is 986 g/mol. The molecule has 3 fully saturated rings. The van der Waals surface area contributed by atoms with Gasteiger partial charge in [0, 0.05) is 69.2 Å². The highest BCUT2D eigenvalue weighted by Gasteiger charge is 2.59. The molecule has 0 aromatic heterocycles. The van der Waals surface area contributed by atoms with Crippen molar-refractivity contribution < 1.29 is 119 Å². The lowest BCUT2D eigenvalue weighted by Crippen LogP contribution is -2.68. The Bertz CT molecular complexity index is 1740. The van der Waals surface area contributed by atoms with E-state index in [0.717, 1.165) is 69.2 Å². The van der Waals surface area contributed by atoms with E-state index < -0.39 is 170 Å². The molecule has 0 saturated carbocycles. The molecular weight excluding hydrogens is 936 g/mol. The largest absolute Gasteiger partial charge is 0.463 e. The summed E-state index contributed by atoms with van der Waals surface area (Å²) in [6.45, 7) is 8.15. The minimum atomic E-state index is -1.96. The molecule has 3 aliphatic rings. The first kappa shape index (κ1) is 53.3. The second kappa shape index (κ2) is 24.3. The molecule has 0 bridgehead atoms. The maximum atomic E-state index is 12.9. The second-order valence-electron chi connectivity index (χ2n) is 14.2. The summed E-state index contributed by atoms with van der Waals surface area (Å²) in [4.78, 5) is 124. The summed E-state index contributed by atoms with van der Waals surface area (Å²) in [7, 11) is 0. The van der Waals surface area contributed by atoms with Crippen LogP contribution in [0.1, 0.15) is 69.2 Å². The van der Waals surface area contributed by atoms with Gasteiger partial charge in [0.1, 0.15) is 50.3 Å². The standard InChI is InChI=1S/C38H51BrO25/c1-14(40)50-11-24-28(30(54-18(5)44)33(36(39)60-24)57-21(8)47)63-38-35(59-23(10)49)32(56-20(7)46)29(26(62-38)13-52-16(3)42)64-37-34(58-22(9)48)31(55-19(6)45)27(53-17(4)43)25(61-37)12-51-15(2)41/h24-38H,11-13H2,1-10H3/t24-,25-,26-,27-,28-,29-,30+,31+,32+,33-,34-,35-,36+,37-,38-/m1/s1. The molecule has 3 aliphatic heterocycles. The highest BCUT2D eigenvalue weighted by Crippen LogP contribution is 2.38. The summed E-state index contributed by atoms with van der Waals surface area (Å²) in [5.74, 6) is -9.19. The second-order valence-corrected chi connectivity index (χ2v) is 15.1. The summed E-state index contributed by atoms with van der Waals surface area (Å²) in [5, 5.41) is -1.21. The fourth-order valence-corrected chi connectivity index (χ4v) is 7.43. The molecule has 3 rings (SSSR count).